The van der Waals surface area contributed by atoms with Crippen molar-refractivity contribution in [3.8, 4) is 0 Å². The Morgan fingerprint density at radius 2 is 2.12 bits per heavy atom. The van der Waals surface area contributed by atoms with Crippen LogP contribution < -0.4 is 11.1 Å². The number of carbonyl (C=O) groups is 2. The van der Waals surface area contributed by atoms with Gasteiger partial charge in [0.25, 0.3) is 5.91 Å². The number of hydrogen-bond donors (Lipinski definition) is 4. The van der Waals surface area contributed by atoms with Crippen LogP contribution in [0.3, 0.4) is 0 Å². The molecule has 1 amide bonds. The summed E-state index contributed by atoms with van der Waals surface area (Å²) in [7, 11) is 0. The van der Waals surface area contributed by atoms with Gasteiger partial charge in [-0.1, -0.05) is 0 Å². The van der Waals surface area contributed by atoms with Crippen LogP contribution in [-0.2, 0) is 4.79 Å². The van der Waals surface area contributed by atoms with Crippen LogP contribution >= 0.6 is 0 Å². The molecule has 6 nitrogen and oxygen atoms in total. The fraction of sp³-hybridized carbons (Fsp3) is 0.200. The van der Waals surface area contributed by atoms with E-state index in [1.54, 1.807) is 0 Å². The number of halogens is 1. The summed E-state index contributed by atoms with van der Waals surface area (Å²) < 4.78 is 13.3. The number of nitrogens with two attached hydrogens (primary N) is 1. The number of aliphatic carboxylic acids is 1. The number of rotatable bonds is 4. The quantitative estimate of drug-likeness (QED) is 0.536. The highest BCUT2D eigenvalue weighted by Gasteiger charge is 2.21. The van der Waals surface area contributed by atoms with Gasteiger partial charge in [-0.3, -0.25) is 4.79 Å². The first kappa shape index (κ1) is 12.9. The first-order valence-electron chi connectivity index (χ1n) is 4.65. The SMILES string of the molecule is Nc1ccc(C(=O)NC(CO)C(=O)O)c(F)c1. The van der Waals surface area contributed by atoms with E-state index in [-0.39, 0.29) is 11.3 Å². The van der Waals surface area contributed by atoms with Gasteiger partial charge in [-0.25, -0.2) is 9.18 Å². The Hall–Kier alpha value is -2.15. The summed E-state index contributed by atoms with van der Waals surface area (Å²) in [5.41, 5.74) is 5.11. The summed E-state index contributed by atoms with van der Waals surface area (Å²) in [6.07, 6.45) is 0. The first-order valence-corrected chi connectivity index (χ1v) is 4.65. The lowest BCUT2D eigenvalue weighted by molar-refractivity contribution is -0.140. The van der Waals surface area contributed by atoms with Crippen LogP contribution in [0.25, 0.3) is 0 Å². The van der Waals surface area contributed by atoms with Crippen molar-refractivity contribution in [2.75, 3.05) is 12.3 Å². The zero-order valence-electron chi connectivity index (χ0n) is 8.68. The Kier molecular flexibility index (Phi) is 4.00. The molecule has 1 atom stereocenters. The molecule has 0 radical (unpaired) electrons. The zero-order chi connectivity index (χ0) is 13.0. The highest BCUT2D eigenvalue weighted by Crippen LogP contribution is 2.11. The number of carboxylic acid groups (broad SMARTS) is 1. The third kappa shape index (κ3) is 3.15. The monoisotopic (exact) mass is 242 g/mol. The van der Waals surface area contributed by atoms with Gasteiger partial charge in [-0.15, -0.1) is 0 Å². The Balaban J connectivity index is 2.86. The number of carbonyl (C=O) groups excluding carboxylic acids is 1. The topological polar surface area (TPSA) is 113 Å². The molecule has 0 aliphatic rings. The fourth-order valence-electron chi connectivity index (χ4n) is 1.14. The molecule has 0 aromatic heterocycles. The Labute approximate surface area is 95.9 Å². The van der Waals surface area contributed by atoms with Gasteiger partial charge >= 0.3 is 5.97 Å². The maximum absolute atomic E-state index is 13.3. The largest absolute Gasteiger partial charge is 0.480 e. The van der Waals surface area contributed by atoms with E-state index >= 15 is 0 Å². The first-order chi connectivity index (χ1) is 7.95. The molecule has 1 rings (SSSR count). The minimum Gasteiger partial charge on any atom is -0.480 e. The van der Waals surface area contributed by atoms with E-state index < -0.39 is 30.3 Å². The molecular formula is C10H11FN2O4. The molecular weight excluding hydrogens is 231 g/mol. The molecule has 1 unspecified atom stereocenters. The van der Waals surface area contributed by atoms with E-state index in [0.29, 0.717) is 0 Å². The molecule has 7 heteroatoms. The lowest BCUT2D eigenvalue weighted by Gasteiger charge is -2.12. The van der Waals surface area contributed by atoms with Crippen molar-refractivity contribution < 1.29 is 24.2 Å². The van der Waals surface area contributed by atoms with Gasteiger partial charge in [0.05, 0.1) is 12.2 Å². The third-order valence-corrected chi connectivity index (χ3v) is 2.02. The lowest BCUT2D eigenvalue weighted by Crippen LogP contribution is -2.43. The van der Waals surface area contributed by atoms with Crippen LogP contribution in [0.2, 0.25) is 0 Å². The Morgan fingerprint density at radius 1 is 1.47 bits per heavy atom. The van der Waals surface area contributed by atoms with Crippen molar-refractivity contribution in [2.45, 2.75) is 6.04 Å². The third-order valence-electron chi connectivity index (χ3n) is 2.02. The van der Waals surface area contributed by atoms with E-state index in [0.717, 1.165) is 12.1 Å². The van der Waals surface area contributed by atoms with Gasteiger partial charge in [0.2, 0.25) is 0 Å². The molecule has 0 bridgehead atoms. The van der Waals surface area contributed by atoms with E-state index in [2.05, 4.69) is 0 Å². The average molecular weight is 242 g/mol. The van der Waals surface area contributed by atoms with Gasteiger partial charge in [-0.2, -0.15) is 0 Å². The molecule has 0 aliphatic carbocycles. The molecule has 1 aromatic rings. The van der Waals surface area contributed by atoms with Crippen LogP contribution in [0.5, 0.6) is 0 Å². The highest BCUT2D eigenvalue weighted by atomic mass is 19.1. The van der Waals surface area contributed by atoms with Gasteiger partial charge in [0.1, 0.15) is 5.82 Å². The maximum atomic E-state index is 13.3. The van der Waals surface area contributed by atoms with Crippen LogP contribution in [-0.4, -0.2) is 34.7 Å². The number of hydrogen-bond acceptors (Lipinski definition) is 4. The number of anilines is 1. The summed E-state index contributed by atoms with van der Waals surface area (Å²) in [4.78, 5) is 22.0. The number of aliphatic hydroxyl groups is 1. The number of benzene rings is 1. The maximum Gasteiger partial charge on any atom is 0.328 e. The van der Waals surface area contributed by atoms with Crippen molar-refractivity contribution in [1.29, 1.82) is 0 Å². The standard InChI is InChI=1S/C10H11FN2O4/c11-7-3-5(12)1-2-6(7)9(15)13-8(4-14)10(16)17/h1-3,8,14H,4,12H2,(H,13,15)(H,16,17). The van der Waals surface area contributed by atoms with Gasteiger partial charge < -0.3 is 21.3 Å². The van der Waals surface area contributed by atoms with E-state index in [9.17, 15) is 14.0 Å². The Bertz CT molecular complexity index is 450. The van der Waals surface area contributed by atoms with E-state index in [1.165, 1.54) is 6.07 Å². The van der Waals surface area contributed by atoms with Crippen LogP contribution in [0.15, 0.2) is 18.2 Å². The van der Waals surface area contributed by atoms with E-state index in [4.69, 9.17) is 15.9 Å². The minimum atomic E-state index is -1.47. The van der Waals surface area contributed by atoms with E-state index in [1.807, 2.05) is 5.32 Å². The number of nitrogens with one attached hydrogen (secondary N) is 1. The highest BCUT2D eigenvalue weighted by molar-refractivity contribution is 5.97. The zero-order valence-corrected chi connectivity index (χ0v) is 8.68. The Morgan fingerprint density at radius 3 is 2.59 bits per heavy atom. The molecule has 5 N–H and O–H groups in total. The number of nitrogen functional groups attached to an aromatic ring is 1. The van der Waals surface area contributed by atoms with Crippen molar-refractivity contribution in [3.05, 3.63) is 29.6 Å². The van der Waals surface area contributed by atoms with Gasteiger partial charge in [0.15, 0.2) is 6.04 Å². The lowest BCUT2D eigenvalue weighted by atomic mass is 10.1. The molecule has 0 fully saturated rings. The second-order valence-electron chi connectivity index (χ2n) is 3.29. The fourth-order valence-corrected chi connectivity index (χ4v) is 1.14. The number of amides is 1. The summed E-state index contributed by atoms with van der Waals surface area (Å²) in [6, 6.07) is 1.92. The second-order valence-corrected chi connectivity index (χ2v) is 3.29. The van der Waals surface area contributed by atoms with Gasteiger partial charge in [-0.05, 0) is 18.2 Å². The summed E-state index contributed by atoms with van der Waals surface area (Å²) >= 11 is 0. The number of carboxylic acids is 1. The molecule has 0 saturated heterocycles. The van der Waals surface area contributed by atoms with Crippen LogP contribution in [0.4, 0.5) is 10.1 Å². The normalized spacial score (nSPS) is 11.9. The summed E-state index contributed by atoms with van der Waals surface area (Å²) in [6.45, 7) is -0.780. The second kappa shape index (κ2) is 5.26. The predicted molar refractivity (Wildman–Crippen MR) is 56.8 cm³/mol. The minimum absolute atomic E-state index is 0.149. The van der Waals surface area contributed by atoms with Crippen molar-refractivity contribution in [1.82, 2.24) is 5.32 Å². The predicted octanol–water partition coefficient (Wildman–Crippen LogP) is -0.417. The molecule has 0 saturated carbocycles. The van der Waals surface area contributed by atoms with Crippen LogP contribution in [0.1, 0.15) is 10.4 Å². The van der Waals surface area contributed by atoms with Crippen molar-refractivity contribution in [2.24, 2.45) is 0 Å². The smallest absolute Gasteiger partial charge is 0.328 e. The van der Waals surface area contributed by atoms with Crippen LogP contribution in [0, 0.1) is 5.82 Å². The molecule has 1 aromatic carbocycles. The summed E-state index contributed by atoms with van der Waals surface area (Å²) in [5.74, 6) is -3.19. The molecule has 0 spiro atoms. The summed E-state index contributed by atoms with van der Waals surface area (Å²) in [5, 5.41) is 19.3. The van der Waals surface area contributed by atoms with Gasteiger partial charge in [0, 0.05) is 5.69 Å². The molecule has 0 aliphatic heterocycles. The number of aliphatic hydroxyl groups excluding tert-OH is 1. The van der Waals surface area contributed by atoms with Crippen molar-refractivity contribution >= 4 is 17.6 Å². The molecule has 0 heterocycles. The molecule has 92 valence electrons. The van der Waals surface area contributed by atoms with Crippen molar-refractivity contribution in [3.63, 3.8) is 0 Å². The molecule has 17 heavy (non-hydrogen) atoms. The average Bonchev–Trinajstić information content (AvgIpc) is 2.24.